The third kappa shape index (κ3) is 6.23. The first-order valence-electron chi connectivity index (χ1n) is 8.76. The Labute approximate surface area is 159 Å². The van der Waals surface area contributed by atoms with Crippen LogP contribution in [0, 0.1) is 16.7 Å². The lowest BCUT2D eigenvalue weighted by Gasteiger charge is -2.20. The fourth-order valence-corrected chi connectivity index (χ4v) is 1.96. The van der Waals surface area contributed by atoms with Gasteiger partial charge in [-0.1, -0.05) is 6.92 Å². The molecule has 0 aliphatic heterocycles. The van der Waals surface area contributed by atoms with E-state index in [0.717, 1.165) is 6.42 Å². The highest BCUT2D eigenvalue weighted by Crippen LogP contribution is 2.22. The van der Waals surface area contributed by atoms with E-state index in [1.165, 1.54) is 0 Å². The Morgan fingerprint density at radius 2 is 1.56 bits per heavy atom. The van der Waals surface area contributed by atoms with Crippen molar-refractivity contribution in [1.29, 1.82) is 5.26 Å². The van der Waals surface area contributed by atoms with Crippen LogP contribution >= 0.6 is 0 Å². The van der Waals surface area contributed by atoms with Crippen molar-refractivity contribution in [2.24, 2.45) is 15.6 Å². The first kappa shape index (κ1) is 20.1. The van der Waals surface area contributed by atoms with Gasteiger partial charge in [0.05, 0.1) is 28.4 Å². The fraction of sp³-hybridized carbons (Fsp3) is 0.333. The van der Waals surface area contributed by atoms with Gasteiger partial charge in [0.15, 0.2) is 0 Å². The highest BCUT2D eigenvalue weighted by atomic mass is 16.6. The lowest BCUT2D eigenvalue weighted by atomic mass is 9.91. The highest BCUT2D eigenvalue weighted by molar-refractivity contribution is 5.75. The summed E-state index contributed by atoms with van der Waals surface area (Å²) in [5, 5.41) is 17.0. The lowest BCUT2D eigenvalue weighted by Crippen LogP contribution is -2.27. The Morgan fingerprint density at radius 3 is 2.07 bits per heavy atom. The molecule has 0 heterocycles. The number of esters is 1. The van der Waals surface area contributed by atoms with E-state index in [2.05, 4.69) is 16.3 Å². The summed E-state index contributed by atoms with van der Waals surface area (Å²) in [4.78, 5) is 11.9. The van der Waals surface area contributed by atoms with Crippen LogP contribution in [0.15, 0.2) is 58.8 Å². The minimum Gasteiger partial charge on any atom is -0.490 e. The molecule has 0 fully saturated rings. The fourth-order valence-electron chi connectivity index (χ4n) is 1.96. The molecule has 2 aromatic carbocycles. The van der Waals surface area contributed by atoms with Crippen LogP contribution in [-0.4, -0.2) is 19.2 Å². The second-order valence-corrected chi connectivity index (χ2v) is 6.57. The largest absolute Gasteiger partial charge is 0.490 e. The molecule has 0 amide bonds. The molecule has 140 valence electrons. The van der Waals surface area contributed by atoms with Crippen molar-refractivity contribution >= 4 is 17.3 Å². The minimum atomic E-state index is -0.471. The predicted octanol–water partition coefficient (Wildman–Crippen LogP) is 5.33. The summed E-state index contributed by atoms with van der Waals surface area (Å²) in [6.07, 6.45) is 0.727. The Balaban J connectivity index is 1.80. The van der Waals surface area contributed by atoms with E-state index in [1.54, 1.807) is 48.5 Å². The maximum Gasteiger partial charge on any atom is 0.311 e. The molecular formula is C21H23N3O3. The molecule has 0 saturated heterocycles. The van der Waals surface area contributed by atoms with Gasteiger partial charge < -0.3 is 9.47 Å². The van der Waals surface area contributed by atoms with Crippen molar-refractivity contribution in [2.45, 2.75) is 27.2 Å². The summed E-state index contributed by atoms with van der Waals surface area (Å²) < 4.78 is 10.8. The molecule has 2 rings (SSSR count). The second-order valence-electron chi connectivity index (χ2n) is 6.57. The van der Waals surface area contributed by atoms with E-state index in [1.807, 2.05) is 20.8 Å². The molecule has 0 saturated carbocycles. The molecule has 0 radical (unpaired) electrons. The van der Waals surface area contributed by atoms with Crippen molar-refractivity contribution in [2.75, 3.05) is 13.2 Å². The molecule has 2 aromatic rings. The number of hydrogen-bond donors (Lipinski definition) is 0. The van der Waals surface area contributed by atoms with E-state index < -0.39 is 5.41 Å². The van der Waals surface area contributed by atoms with Gasteiger partial charge in [-0.25, -0.2) is 0 Å². The molecule has 0 bridgehead atoms. The molecular weight excluding hydrogens is 342 g/mol. The zero-order chi connectivity index (χ0) is 19.7. The quantitative estimate of drug-likeness (QED) is 0.359. The first-order valence-corrected chi connectivity index (χ1v) is 8.76. The van der Waals surface area contributed by atoms with E-state index >= 15 is 0 Å². The third-order valence-corrected chi connectivity index (χ3v) is 4.14. The third-order valence-electron chi connectivity index (χ3n) is 4.14. The summed E-state index contributed by atoms with van der Waals surface area (Å²) in [6, 6.07) is 16.1. The topological polar surface area (TPSA) is 84.0 Å². The summed E-state index contributed by atoms with van der Waals surface area (Å²) in [5.74, 6) is 0.449. The maximum atomic E-state index is 11.9. The zero-order valence-corrected chi connectivity index (χ0v) is 15.8. The number of ether oxygens (including phenoxy) is 2. The molecule has 0 N–H and O–H groups in total. The molecule has 0 aliphatic carbocycles. The van der Waals surface area contributed by atoms with Gasteiger partial charge in [-0.05, 0) is 68.8 Å². The van der Waals surface area contributed by atoms with Gasteiger partial charge in [-0.3, -0.25) is 4.79 Å². The lowest BCUT2D eigenvalue weighted by molar-refractivity contribution is -0.154. The molecule has 27 heavy (non-hydrogen) atoms. The molecule has 6 nitrogen and oxygen atoms in total. The number of carbonyl (C=O) groups excluding carboxylic acids is 1. The smallest absolute Gasteiger partial charge is 0.311 e. The second kappa shape index (κ2) is 9.48. The number of carbonyl (C=O) groups is 1. The number of azo groups is 1. The minimum absolute atomic E-state index is 0.211. The van der Waals surface area contributed by atoms with E-state index in [0.29, 0.717) is 22.7 Å². The summed E-state index contributed by atoms with van der Waals surface area (Å²) >= 11 is 0. The molecule has 6 heteroatoms. The first-order chi connectivity index (χ1) is 12.9. The van der Waals surface area contributed by atoms with Crippen LogP contribution in [0.1, 0.15) is 32.8 Å². The average molecular weight is 365 g/mol. The van der Waals surface area contributed by atoms with Crippen LogP contribution in [0.25, 0.3) is 0 Å². The van der Waals surface area contributed by atoms with Gasteiger partial charge in [0.1, 0.15) is 19.0 Å². The Hall–Kier alpha value is -3.20. The van der Waals surface area contributed by atoms with Gasteiger partial charge in [0, 0.05) is 0 Å². The molecule has 0 unspecified atom stereocenters. The molecule has 0 spiro atoms. The Morgan fingerprint density at radius 1 is 1.00 bits per heavy atom. The van der Waals surface area contributed by atoms with Crippen LogP contribution < -0.4 is 4.74 Å². The molecule has 0 aromatic heterocycles. The normalized spacial score (nSPS) is 11.2. The summed E-state index contributed by atoms with van der Waals surface area (Å²) in [6.45, 7) is 6.18. The van der Waals surface area contributed by atoms with Crippen LogP contribution in [0.3, 0.4) is 0 Å². The van der Waals surface area contributed by atoms with E-state index in [4.69, 9.17) is 14.7 Å². The monoisotopic (exact) mass is 365 g/mol. The summed E-state index contributed by atoms with van der Waals surface area (Å²) in [7, 11) is 0. The van der Waals surface area contributed by atoms with Crippen LogP contribution in [0.2, 0.25) is 0 Å². The zero-order valence-electron chi connectivity index (χ0n) is 15.8. The van der Waals surface area contributed by atoms with Crippen molar-refractivity contribution in [1.82, 2.24) is 0 Å². The van der Waals surface area contributed by atoms with Crippen LogP contribution in [0.5, 0.6) is 5.75 Å². The number of benzene rings is 2. The number of nitrogens with zero attached hydrogens (tertiary/aromatic N) is 3. The van der Waals surface area contributed by atoms with Crippen LogP contribution in [0.4, 0.5) is 11.4 Å². The maximum absolute atomic E-state index is 11.9. The highest BCUT2D eigenvalue weighted by Gasteiger charge is 2.26. The SMILES string of the molecule is CCC(C)(C)C(=O)OCCOc1ccc(/N=N/c2ccc(C#N)cc2)cc1. The van der Waals surface area contributed by atoms with Crippen molar-refractivity contribution in [3.8, 4) is 11.8 Å². The van der Waals surface area contributed by atoms with E-state index in [-0.39, 0.29) is 19.2 Å². The van der Waals surface area contributed by atoms with Gasteiger partial charge in [-0.15, -0.1) is 0 Å². The summed E-state index contributed by atoms with van der Waals surface area (Å²) in [5.41, 5.74) is 1.47. The van der Waals surface area contributed by atoms with Crippen molar-refractivity contribution in [3.05, 3.63) is 54.1 Å². The molecule has 0 atom stereocenters. The van der Waals surface area contributed by atoms with Crippen LogP contribution in [-0.2, 0) is 9.53 Å². The van der Waals surface area contributed by atoms with Gasteiger partial charge in [0.25, 0.3) is 0 Å². The Kier molecular flexibility index (Phi) is 7.07. The predicted molar refractivity (Wildman–Crippen MR) is 102 cm³/mol. The van der Waals surface area contributed by atoms with Gasteiger partial charge >= 0.3 is 5.97 Å². The van der Waals surface area contributed by atoms with Crippen molar-refractivity contribution in [3.63, 3.8) is 0 Å². The van der Waals surface area contributed by atoms with Crippen molar-refractivity contribution < 1.29 is 14.3 Å². The Bertz CT molecular complexity index is 819. The van der Waals surface area contributed by atoms with E-state index in [9.17, 15) is 4.79 Å². The number of rotatable bonds is 8. The standard InChI is InChI=1S/C21H23N3O3/c1-4-21(2,3)20(25)27-14-13-26-19-11-9-18(10-12-19)24-23-17-7-5-16(15-22)6-8-17/h5-12H,4,13-14H2,1-3H3/b24-23+. The average Bonchev–Trinajstić information content (AvgIpc) is 2.70. The number of nitriles is 1. The van der Waals surface area contributed by atoms with Gasteiger partial charge in [-0.2, -0.15) is 15.5 Å². The number of hydrogen-bond acceptors (Lipinski definition) is 6. The van der Waals surface area contributed by atoms with Gasteiger partial charge in [0.2, 0.25) is 0 Å². The molecule has 0 aliphatic rings.